The number of carbonyl (C=O) groups excluding carboxylic acids is 1. The summed E-state index contributed by atoms with van der Waals surface area (Å²) in [7, 11) is 0. The van der Waals surface area contributed by atoms with Crippen LogP contribution in [0.2, 0.25) is 0 Å². The lowest BCUT2D eigenvalue weighted by molar-refractivity contribution is 0.101. The van der Waals surface area contributed by atoms with Crippen molar-refractivity contribution >= 4 is 28.4 Å². The molecule has 6 nitrogen and oxygen atoms in total. The maximum atomic E-state index is 13.1. The molecule has 0 spiro atoms. The van der Waals surface area contributed by atoms with Gasteiger partial charge in [-0.25, -0.2) is 9.37 Å². The van der Waals surface area contributed by atoms with Gasteiger partial charge in [0.25, 0.3) is 0 Å². The molecule has 0 bridgehead atoms. The predicted octanol–water partition coefficient (Wildman–Crippen LogP) is 4.86. The van der Waals surface area contributed by atoms with Gasteiger partial charge in [0.05, 0.1) is 11.4 Å². The van der Waals surface area contributed by atoms with Crippen LogP contribution >= 0.6 is 11.3 Å². The molecule has 0 fully saturated rings. The number of hydrogen-bond donors (Lipinski definition) is 1. The third kappa shape index (κ3) is 3.81. The molecule has 4 rings (SSSR count). The maximum Gasteiger partial charge on any atom is 0.231 e. The van der Waals surface area contributed by atoms with Crippen LogP contribution in [-0.4, -0.2) is 17.6 Å². The van der Waals surface area contributed by atoms with Gasteiger partial charge in [-0.2, -0.15) is 5.26 Å². The highest BCUT2D eigenvalue weighted by atomic mass is 32.1. The zero-order valence-corrected chi connectivity index (χ0v) is 16.0. The van der Waals surface area contributed by atoms with E-state index >= 15 is 0 Å². The van der Waals surface area contributed by atoms with Crippen LogP contribution < -0.4 is 14.8 Å². The average molecular weight is 407 g/mol. The molecule has 0 saturated carbocycles. The van der Waals surface area contributed by atoms with E-state index < -0.39 is 0 Å². The van der Waals surface area contributed by atoms with Crippen molar-refractivity contribution in [2.45, 2.75) is 6.92 Å². The number of ketones is 1. The molecule has 2 aromatic carbocycles. The highest BCUT2D eigenvalue weighted by Gasteiger charge is 2.19. The normalized spacial score (nSPS) is 12.5. The van der Waals surface area contributed by atoms with Gasteiger partial charge in [0.15, 0.2) is 17.3 Å². The van der Waals surface area contributed by atoms with Gasteiger partial charge in [0.1, 0.15) is 22.5 Å². The van der Waals surface area contributed by atoms with E-state index in [4.69, 9.17) is 9.47 Å². The quantitative estimate of drug-likeness (QED) is 0.480. The van der Waals surface area contributed by atoms with Gasteiger partial charge in [0, 0.05) is 28.8 Å². The number of nitrogens with one attached hydrogen (secondary N) is 1. The van der Waals surface area contributed by atoms with E-state index in [1.54, 1.807) is 29.6 Å². The van der Waals surface area contributed by atoms with Gasteiger partial charge in [-0.1, -0.05) is 0 Å². The molecule has 1 aliphatic heterocycles. The summed E-state index contributed by atoms with van der Waals surface area (Å²) in [4.78, 5) is 16.4. The van der Waals surface area contributed by atoms with Crippen LogP contribution in [-0.2, 0) is 0 Å². The molecule has 1 N–H and O–H groups in total. The van der Waals surface area contributed by atoms with Crippen molar-refractivity contribution in [1.29, 1.82) is 5.26 Å². The molecule has 8 heteroatoms. The number of anilines is 1. The first-order valence-electron chi connectivity index (χ1n) is 8.58. The molecular formula is C21H14FN3O3S. The molecule has 0 saturated heterocycles. The summed E-state index contributed by atoms with van der Waals surface area (Å²) >= 11 is 1.30. The van der Waals surface area contributed by atoms with Crippen molar-refractivity contribution in [3.05, 3.63) is 64.4 Å². The standard InChI is InChI=1S/C21H14FN3O3S/c1-12(26)16-6-19-20(28-11-27-19)7-17(16)24-9-14(8-23)21-25-18(10-29-21)13-2-4-15(22)5-3-13/h2-7,9-10,24H,11H2,1H3/b14-9-. The predicted molar refractivity (Wildman–Crippen MR) is 107 cm³/mol. The van der Waals surface area contributed by atoms with E-state index in [-0.39, 0.29) is 18.4 Å². The Morgan fingerprint density at radius 1 is 1.28 bits per heavy atom. The highest BCUT2D eigenvalue weighted by molar-refractivity contribution is 7.11. The third-order valence-corrected chi connectivity index (χ3v) is 5.13. The smallest absolute Gasteiger partial charge is 0.231 e. The molecule has 0 unspecified atom stereocenters. The van der Waals surface area contributed by atoms with Gasteiger partial charge in [-0.3, -0.25) is 4.79 Å². The fourth-order valence-corrected chi connectivity index (χ4v) is 3.59. The Balaban J connectivity index is 1.62. The topological polar surface area (TPSA) is 84.2 Å². The van der Waals surface area contributed by atoms with E-state index in [1.165, 1.54) is 36.6 Å². The number of ether oxygens (including phenoxy) is 2. The number of thiazole rings is 1. The van der Waals surface area contributed by atoms with Crippen LogP contribution in [0, 0.1) is 17.1 Å². The van der Waals surface area contributed by atoms with Gasteiger partial charge in [0.2, 0.25) is 6.79 Å². The van der Waals surface area contributed by atoms with Gasteiger partial charge in [-0.15, -0.1) is 11.3 Å². The van der Waals surface area contributed by atoms with Crippen LogP contribution in [0.3, 0.4) is 0 Å². The first-order chi connectivity index (χ1) is 14.0. The number of fused-ring (bicyclic) bond motifs is 1. The molecule has 0 aliphatic carbocycles. The number of benzene rings is 2. The maximum absolute atomic E-state index is 13.1. The molecule has 0 atom stereocenters. The summed E-state index contributed by atoms with van der Waals surface area (Å²) in [6.07, 6.45) is 1.50. The fourth-order valence-electron chi connectivity index (χ4n) is 2.80. The first kappa shape index (κ1) is 18.7. The minimum absolute atomic E-state index is 0.0979. The Kier molecular flexibility index (Phi) is 4.97. The second-order valence-corrected chi connectivity index (χ2v) is 7.02. The second-order valence-electron chi connectivity index (χ2n) is 6.17. The van der Waals surface area contributed by atoms with Crippen LogP contribution in [0.15, 0.2) is 48.0 Å². The van der Waals surface area contributed by atoms with Crippen LogP contribution in [0.25, 0.3) is 16.8 Å². The number of halogens is 1. The van der Waals surface area contributed by atoms with Crippen molar-refractivity contribution in [2.24, 2.45) is 0 Å². The largest absolute Gasteiger partial charge is 0.454 e. The number of carbonyl (C=O) groups is 1. The van der Waals surface area contributed by atoms with Crippen LogP contribution in [0.1, 0.15) is 22.3 Å². The lowest BCUT2D eigenvalue weighted by Crippen LogP contribution is -2.00. The molecule has 144 valence electrons. The molecule has 1 aliphatic rings. The van der Waals surface area contributed by atoms with E-state index in [0.717, 1.165) is 5.56 Å². The van der Waals surface area contributed by atoms with Gasteiger partial charge in [-0.05, 0) is 37.3 Å². The Morgan fingerprint density at radius 3 is 2.69 bits per heavy atom. The lowest BCUT2D eigenvalue weighted by Gasteiger charge is -2.08. The van der Waals surface area contributed by atoms with Crippen LogP contribution in [0.4, 0.5) is 10.1 Å². The molecule has 0 amide bonds. The second kappa shape index (κ2) is 7.73. The van der Waals surface area contributed by atoms with E-state index in [9.17, 15) is 14.4 Å². The van der Waals surface area contributed by atoms with Crippen molar-refractivity contribution in [2.75, 3.05) is 12.1 Å². The third-order valence-electron chi connectivity index (χ3n) is 4.26. The molecule has 3 aromatic rings. The summed E-state index contributed by atoms with van der Waals surface area (Å²) in [5.41, 5.74) is 2.64. The fraction of sp³-hybridized carbons (Fsp3) is 0.0952. The van der Waals surface area contributed by atoms with E-state index in [0.29, 0.717) is 39.0 Å². The molecular weight excluding hydrogens is 393 g/mol. The Morgan fingerprint density at radius 2 is 2.00 bits per heavy atom. The Bertz CT molecular complexity index is 1160. The van der Waals surface area contributed by atoms with Crippen molar-refractivity contribution in [3.63, 3.8) is 0 Å². The molecule has 1 aromatic heterocycles. The van der Waals surface area contributed by atoms with Crippen LogP contribution in [0.5, 0.6) is 11.5 Å². The number of rotatable bonds is 5. The van der Waals surface area contributed by atoms with Crippen molar-refractivity contribution in [3.8, 4) is 28.8 Å². The number of hydrogen-bond acceptors (Lipinski definition) is 7. The molecule has 0 radical (unpaired) electrons. The van der Waals surface area contributed by atoms with Crippen molar-refractivity contribution < 1.29 is 18.7 Å². The average Bonchev–Trinajstić information content (AvgIpc) is 3.37. The van der Waals surface area contributed by atoms with E-state index in [2.05, 4.69) is 16.4 Å². The van der Waals surface area contributed by atoms with Gasteiger partial charge < -0.3 is 14.8 Å². The zero-order chi connectivity index (χ0) is 20.4. The van der Waals surface area contributed by atoms with Gasteiger partial charge >= 0.3 is 0 Å². The first-order valence-corrected chi connectivity index (χ1v) is 9.46. The minimum Gasteiger partial charge on any atom is -0.454 e. The number of allylic oxidation sites excluding steroid dienone is 1. The summed E-state index contributed by atoms with van der Waals surface area (Å²) in [6, 6.07) is 11.4. The minimum atomic E-state index is -0.323. The summed E-state index contributed by atoms with van der Waals surface area (Å²) in [5.74, 6) is 0.563. The Hall–Kier alpha value is -3.70. The SMILES string of the molecule is CC(=O)c1cc2c(cc1N/C=C(/C#N)c1nc(-c3ccc(F)cc3)cs1)OCO2. The summed E-state index contributed by atoms with van der Waals surface area (Å²) in [5, 5.41) is 14.9. The monoisotopic (exact) mass is 407 g/mol. The summed E-state index contributed by atoms with van der Waals surface area (Å²) < 4.78 is 23.8. The Labute approximate surface area is 169 Å². The lowest BCUT2D eigenvalue weighted by atomic mass is 10.1. The number of aromatic nitrogens is 1. The summed E-state index contributed by atoms with van der Waals surface area (Å²) in [6.45, 7) is 1.55. The highest BCUT2D eigenvalue weighted by Crippen LogP contribution is 2.37. The number of nitriles is 1. The van der Waals surface area contributed by atoms with E-state index in [1.807, 2.05) is 0 Å². The zero-order valence-electron chi connectivity index (χ0n) is 15.2. The number of nitrogens with zero attached hydrogens (tertiary/aromatic N) is 2. The molecule has 2 heterocycles. The molecule has 29 heavy (non-hydrogen) atoms. The van der Waals surface area contributed by atoms with Crippen molar-refractivity contribution in [1.82, 2.24) is 4.98 Å². The number of Topliss-reactive ketones (excluding diaryl/α,β-unsaturated/α-hetero) is 1.